The number of nitrogens with zero attached hydrogens (tertiary/aromatic N) is 2. The molecule has 0 unspecified atom stereocenters. The van der Waals surface area contributed by atoms with Gasteiger partial charge in [0.2, 0.25) is 0 Å². The van der Waals surface area contributed by atoms with Gasteiger partial charge in [0.1, 0.15) is 24.6 Å². The van der Waals surface area contributed by atoms with E-state index in [0.717, 1.165) is 0 Å². The zero-order valence-corrected chi connectivity index (χ0v) is 18.6. The number of carbonyl (C=O) groups excluding carboxylic acids is 2. The highest BCUT2D eigenvalue weighted by atomic mass is 35.5. The number of methoxy groups -OCH3 is 1. The molecule has 0 spiro atoms. The molecule has 1 saturated heterocycles. The number of amides is 1. The summed E-state index contributed by atoms with van der Waals surface area (Å²) in [5.41, 5.74) is 1.32. The normalized spacial score (nSPS) is 14.7. The summed E-state index contributed by atoms with van der Waals surface area (Å²) in [6.07, 6.45) is 6.78. The van der Waals surface area contributed by atoms with E-state index >= 15 is 0 Å². The van der Waals surface area contributed by atoms with Crippen LogP contribution in [-0.4, -0.2) is 42.2 Å². The largest absolute Gasteiger partial charge is 0.479 e. The number of terminal acetylenes is 1. The lowest BCUT2D eigenvalue weighted by Crippen LogP contribution is -2.35. The van der Waals surface area contributed by atoms with Gasteiger partial charge in [-0.2, -0.15) is 0 Å². The molecule has 9 heteroatoms. The number of benzene rings is 2. The first-order valence-electron chi connectivity index (χ1n) is 8.91. The Morgan fingerprint density at radius 3 is 2.55 bits per heavy atom. The third-order valence-electron chi connectivity index (χ3n) is 4.31. The highest BCUT2D eigenvalue weighted by Crippen LogP contribution is 2.31. The summed E-state index contributed by atoms with van der Waals surface area (Å²) in [6.45, 7) is -0.149. The highest BCUT2D eigenvalue weighted by Gasteiger charge is 2.40. The van der Waals surface area contributed by atoms with Gasteiger partial charge in [0.05, 0.1) is 17.8 Å². The molecule has 6 nitrogen and oxygen atoms in total. The second-order valence-electron chi connectivity index (χ2n) is 6.27. The van der Waals surface area contributed by atoms with Crippen molar-refractivity contribution in [3.8, 4) is 18.1 Å². The SMILES string of the molecule is C#CCOc1ccc(/C=C2/C(=O)N(c3ccc(Cl)cc3)C(=S)N2CC(=O)OC)cc1Cl. The molecule has 0 aliphatic carbocycles. The Balaban J connectivity index is 2.00. The zero-order chi connectivity index (χ0) is 22.5. The first kappa shape index (κ1) is 22.6. The van der Waals surface area contributed by atoms with Crippen LogP contribution >= 0.6 is 35.4 Å². The number of anilines is 1. The van der Waals surface area contributed by atoms with Gasteiger partial charge in [-0.1, -0.05) is 35.2 Å². The van der Waals surface area contributed by atoms with Gasteiger partial charge in [0, 0.05) is 5.02 Å². The molecule has 1 aliphatic heterocycles. The van der Waals surface area contributed by atoms with E-state index in [-0.39, 0.29) is 24.0 Å². The van der Waals surface area contributed by atoms with E-state index in [1.165, 1.54) is 16.9 Å². The van der Waals surface area contributed by atoms with E-state index in [2.05, 4.69) is 5.92 Å². The Hall–Kier alpha value is -3.05. The first-order chi connectivity index (χ1) is 14.8. The molecule has 1 heterocycles. The van der Waals surface area contributed by atoms with Crippen molar-refractivity contribution >= 4 is 64.2 Å². The predicted molar refractivity (Wildman–Crippen MR) is 124 cm³/mol. The molecule has 31 heavy (non-hydrogen) atoms. The third kappa shape index (κ3) is 5.00. The molecule has 0 N–H and O–H groups in total. The summed E-state index contributed by atoms with van der Waals surface area (Å²) >= 11 is 17.7. The summed E-state index contributed by atoms with van der Waals surface area (Å²) in [7, 11) is 1.26. The van der Waals surface area contributed by atoms with Crippen LogP contribution in [0, 0.1) is 12.3 Å². The van der Waals surface area contributed by atoms with E-state index in [1.54, 1.807) is 48.5 Å². The number of rotatable bonds is 6. The molecule has 1 aliphatic rings. The number of esters is 1. The van der Waals surface area contributed by atoms with Crippen molar-refractivity contribution < 1.29 is 19.1 Å². The topological polar surface area (TPSA) is 59.1 Å². The maximum absolute atomic E-state index is 13.2. The molecule has 0 radical (unpaired) electrons. The number of hydrogen-bond acceptors (Lipinski definition) is 5. The quantitative estimate of drug-likeness (QED) is 0.271. The van der Waals surface area contributed by atoms with Gasteiger partial charge in [0.25, 0.3) is 5.91 Å². The van der Waals surface area contributed by atoms with Crippen molar-refractivity contribution in [1.82, 2.24) is 4.90 Å². The van der Waals surface area contributed by atoms with Gasteiger partial charge in [-0.15, -0.1) is 6.42 Å². The minimum atomic E-state index is -0.546. The van der Waals surface area contributed by atoms with Crippen LogP contribution in [0.4, 0.5) is 5.69 Å². The molecule has 0 saturated carbocycles. The molecule has 2 aromatic carbocycles. The third-order valence-corrected chi connectivity index (χ3v) is 5.26. The number of carbonyl (C=O) groups is 2. The highest BCUT2D eigenvalue weighted by molar-refractivity contribution is 7.80. The first-order valence-corrected chi connectivity index (χ1v) is 10.1. The van der Waals surface area contributed by atoms with Crippen LogP contribution in [0.1, 0.15) is 5.56 Å². The fraction of sp³-hybridized carbons (Fsp3) is 0.136. The lowest BCUT2D eigenvalue weighted by Gasteiger charge is -2.19. The van der Waals surface area contributed by atoms with Gasteiger partial charge < -0.3 is 14.4 Å². The summed E-state index contributed by atoms with van der Waals surface area (Å²) in [4.78, 5) is 27.9. The van der Waals surface area contributed by atoms with Crippen molar-refractivity contribution in [2.24, 2.45) is 0 Å². The number of ether oxygens (including phenoxy) is 2. The molecule has 1 amide bonds. The van der Waals surface area contributed by atoms with Crippen LogP contribution in [-0.2, 0) is 14.3 Å². The number of hydrogen-bond donors (Lipinski definition) is 0. The van der Waals surface area contributed by atoms with Crippen LogP contribution in [0.5, 0.6) is 5.75 Å². The number of halogens is 2. The lowest BCUT2D eigenvalue weighted by molar-refractivity contribution is -0.140. The zero-order valence-electron chi connectivity index (χ0n) is 16.3. The van der Waals surface area contributed by atoms with E-state index < -0.39 is 11.9 Å². The van der Waals surface area contributed by atoms with E-state index in [1.807, 2.05) is 0 Å². The van der Waals surface area contributed by atoms with Crippen molar-refractivity contribution in [2.75, 3.05) is 25.2 Å². The summed E-state index contributed by atoms with van der Waals surface area (Å²) < 4.78 is 10.1. The summed E-state index contributed by atoms with van der Waals surface area (Å²) in [5, 5.41) is 0.987. The average Bonchev–Trinajstić information content (AvgIpc) is 2.97. The lowest BCUT2D eigenvalue weighted by atomic mass is 10.1. The molecule has 158 valence electrons. The second-order valence-corrected chi connectivity index (χ2v) is 7.48. The predicted octanol–water partition coefficient (Wildman–Crippen LogP) is 4.15. The molecule has 0 bridgehead atoms. The van der Waals surface area contributed by atoms with Gasteiger partial charge >= 0.3 is 5.97 Å². The molecule has 3 rings (SSSR count). The van der Waals surface area contributed by atoms with Crippen molar-refractivity contribution in [3.63, 3.8) is 0 Å². The Morgan fingerprint density at radius 2 is 1.94 bits per heavy atom. The van der Waals surface area contributed by atoms with E-state index in [4.69, 9.17) is 51.3 Å². The Bertz CT molecular complexity index is 1110. The van der Waals surface area contributed by atoms with Crippen molar-refractivity contribution in [1.29, 1.82) is 0 Å². The molecule has 1 fully saturated rings. The average molecular weight is 475 g/mol. The van der Waals surface area contributed by atoms with Gasteiger partial charge in [0.15, 0.2) is 5.11 Å². The van der Waals surface area contributed by atoms with E-state index in [9.17, 15) is 9.59 Å². The van der Waals surface area contributed by atoms with Crippen LogP contribution in [0.15, 0.2) is 48.2 Å². The number of thiocarbonyl (C=S) groups is 1. The molecule has 0 atom stereocenters. The minimum Gasteiger partial charge on any atom is -0.479 e. The van der Waals surface area contributed by atoms with E-state index in [0.29, 0.717) is 27.0 Å². The summed E-state index contributed by atoms with van der Waals surface area (Å²) in [6, 6.07) is 11.6. The summed E-state index contributed by atoms with van der Waals surface area (Å²) in [5.74, 6) is 1.84. The Kier molecular flexibility index (Phi) is 7.18. The standard InChI is InChI=1S/C22H16Cl2N2O4S/c1-3-10-30-19-9-4-14(11-17(19)24)12-18-21(28)26(16-7-5-15(23)6-8-16)22(31)25(18)13-20(27)29-2/h1,4-9,11-12H,10,13H2,2H3/b18-12-. The van der Waals surface area contributed by atoms with Crippen LogP contribution in [0.2, 0.25) is 10.0 Å². The fourth-order valence-corrected chi connectivity index (χ4v) is 3.57. The smallest absolute Gasteiger partial charge is 0.325 e. The van der Waals surface area contributed by atoms with Crippen molar-refractivity contribution in [2.45, 2.75) is 0 Å². The van der Waals surface area contributed by atoms with Crippen molar-refractivity contribution in [3.05, 3.63) is 63.8 Å². The van der Waals surface area contributed by atoms with Crippen LogP contribution < -0.4 is 9.64 Å². The molecular formula is C22H16Cl2N2O4S. The van der Waals surface area contributed by atoms with Crippen LogP contribution in [0.3, 0.4) is 0 Å². The second kappa shape index (κ2) is 9.84. The molecular weight excluding hydrogens is 459 g/mol. The Labute approximate surface area is 194 Å². The molecule has 0 aromatic heterocycles. The van der Waals surface area contributed by atoms with Gasteiger partial charge in [-0.05, 0) is 60.3 Å². The monoisotopic (exact) mass is 474 g/mol. The maximum Gasteiger partial charge on any atom is 0.325 e. The maximum atomic E-state index is 13.2. The minimum absolute atomic E-state index is 0.0792. The van der Waals surface area contributed by atoms with Gasteiger partial charge in [-0.25, -0.2) is 0 Å². The fourth-order valence-electron chi connectivity index (χ4n) is 2.85. The van der Waals surface area contributed by atoms with Crippen LogP contribution in [0.25, 0.3) is 6.08 Å². The molecule has 2 aromatic rings. The van der Waals surface area contributed by atoms with Gasteiger partial charge in [-0.3, -0.25) is 14.5 Å². The Morgan fingerprint density at radius 1 is 1.23 bits per heavy atom.